The van der Waals surface area contributed by atoms with E-state index in [1.54, 1.807) is 7.05 Å². The van der Waals surface area contributed by atoms with Crippen LogP contribution in [-0.2, 0) is 11.8 Å². The number of hydrogen-bond donors (Lipinski definition) is 1. The Labute approximate surface area is 133 Å². The molecule has 0 aliphatic carbocycles. The van der Waals surface area contributed by atoms with Gasteiger partial charge in [0.2, 0.25) is 5.91 Å². The van der Waals surface area contributed by atoms with Crippen molar-refractivity contribution in [3.05, 3.63) is 29.3 Å². The second-order valence-electron chi connectivity index (χ2n) is 5.11. The van der Waals surface area contributed by atoms with E-state index in [0.717, 1.165) is 16.8 Å². The second kappa shape index (κ2) is 6.83. The summed E-state index contributed by atoms with van der Waals surface area (Å²) in [6.45, 7) is 5.86. The maximum Gasteiger partial charge on any atom is 0.291 e. The number of benzene rings is 1. The molecular weight excluding hydrogens is 302 g/mol. The minimum absolute atomic E-state index is 0.139. The number of carbonyl (C=O) groups is 1. The molecule has 0 saturated carbocycles. The molecule has 7 heteroatoms. The summed E-state index contributed by atoms with van der Waals surface area (Å²) in [5.74, 6) is -0.662. The zero-order valence-corrected chi connectivity index (χ0v) is 13.9. The third kappa shape index (κ3) is 3.59. The molecule has 0 radical (unpaired) electrons. The molecule has 0 aliphatic rings. The van der Waals surface area contributed by atoms with E-state index in [2.05, 4.69) is 15.1 Å². The molecular formula is C15H19N3O3S. The molecule has 0 spiro atoms. The number of anilines is 1. The Morgan fingerprint density at radius 2 is 2.23 bits per heavy atom. The van der Waals surface area contributed by atoms with Crippen LogP contribution >= 0.6 is 11.8 Å². The average Bonchev–Trinajstić information content (AvgIpc) is 2.78. The number of nitrogens with one attached hydrogen (secondary N) is 1. The summed E-state index contributed by atoms with van der Waals surface area (Å²) in [5, 5.41) is 18.0. The van der Waals surface area contributed by atoms with Crippen LogP contribution in [0.25, 0.3) is 0 Å². The number of aryl methyl sites for hydroxylation is 3. The molecule has 0 saturated heterocycles. The van der Waals surface area contributed by atoms with Gasteiger partial charge in [-0.05, 0) is 43.7 Å². The lowest BCUT2D eigenvalue weighted by molar-refractivity contribution is -0.772. The Morgan fingerprint density at radius 3 is 2.77 bits per heavy atom. The number of thioether (sulfide) groups is 1. The molecule has 118 valence electrons. The van der Waals surface area contributed by atoms with Crippen molar-refractivity contribution >= 4 is 23.4 Å². The molecule has 1 aromatic carbocycles. The average molecular weight is 321 g/mol. The highest BCUT2D eigenvalue weighted by molar-refractivity contribution is 8.00. The van der Waals surface area contributed by atoms with Gasteiger partial charge in [0.25, 0.3) is 5.03 Å². The summed E-state index contributed by atoms with van der Waals surface area (Å²) >= 11 is 1.17. The van der Waals surface area contributed by atoms with Crippen LogP contribution in [0.2, 0.25) is 0 Å². The first-order valence-electron chi connectivity index (χ1n) is 7.00. The summed E-state index contributed by atoms with van der Waals surface area (Å²) in [7, 11) is 1.61. The van der Waals surface area contributed by atoms with Crippen LogP contribution in [0.15, 0.2) is 27.7 Å². The van der Waals surface area contributed by atoms with Gasteiger partial charge < -0.3 is 14.9 Å². The van der Waals surface area contributed by atoms with E-state index in [9.17, 15) is 9.90 Å². The predicted octanol–water partition coefficient (Wildman–Crippen LogP) is 1.70. The van der Waals surface area contributed by atoms with E-state index in [4.69, 9.17) is 0 Å². The first kappa shape index (κ1) is 16.4. The third-order valence-electron chi connectivity index (χ3n) is 3.27. The maximum atomic E-state index is 12.4. The topological polar surface area (TPSA) is 82.1 Å². The molecule has 0 aliphatic heterocycles. The van der Waals surface area contributed by atoms with Crippen LogP contribution in [0.4, 0.5) is 5.69 Å². The van der Waals surface area contributed by atoms with Gasteiger partial charge >= 0.3 is 0 Å². The van der Waals surface area contributed by atoms with E-state index in [1.807, 2.05) is 39.0 Å². The molecule has 2 rings (SSSR count). The Morgan fingerprint density at radius 1 is 1.50 bits per heavy atom. The number of hydrogen-bond acceptors (Lipinski definition) is 5. The summed E-state index contributed by atoms with van der Waals surface area (Å²) in [5.41, 5.74) is 2.93. The Balaban J connectivity index is 2.12. The number of nitrogens with zero attached hydrogens (tertiary/aromatic N) is 2. The van der Waals surface area contributed by atoms with Gasteiger partial charge in [-0.3, -0.25) is 4.79 Å². The van der Waals surface area contributed by atoms with Gasteiger partial charge in [-0.15, -0.1) is 0 Å². The van der Waals surface area contributed by atoms with E-state index < -0.39 is 5.95 Å². The SMILES string of the molecule is CCC(Sc1c([O-])on[n+]1C)C(=O)Nc1ccc(C)cc1C. The van der Waals surface area contributed by atoms with Gasteiger partial charge in [-0.2, -0.15) is 0 Å². The van der Waals surface area contributed by atoms with Crippen LogP contribution in [0.3, 0.4) is 0 Å². The zero-order chi connectivity index (χ0) is 16.3. The first-order valence-corrected chi connectivity index (χ1v) is 7.88. The van der Waals surface area contributed by atoms with Crippen molar-refractivity contribution in [1.29, 1.82) is 0 Å². The Hall–Kier alpha value is -2.02. The summed E-state index contributed by atoms with van der Waals surface area (Å²) in [4.78, 5) is 12.4. The maximum absolute atomic E-state index is 12.4. The third-order valence-corrected chi connectivity index (χ3v) is 4.76. The smallest absolute Gasteiger partial charge is 0.291 e. The zero-order valence-electron chi connectivity index (χ0n) is 13.0. The van der Waals surface area contributed by atoms with Crippen molar-refractivity contribution in [3.8, 4) is 5.95 Å². The number of aromatic nitrogens is 2. The fourth-order valence-corrected chi connectivity index (χ4v) is 2.98. The highest BCUT2D eigenvalue weighted by Crippen LogP contribution is 2.29. The number of amides is 1. The molecule has 0 fully saturated rings. The minimum atomic E-state index is -0.523. The van der Waals surface area contributed by atoms with E-state index in [0.29, 0.717) is 11.4 Å². The van der Waals surface area contributed by atoms with Crippen LogP contribution in [-0.4, -0.2) is 16.4 Å². The van der Waals surface area contributed by atoms with Crippen LogP contribution in [0.5, 0.6) is 5.95 Å². The normalized spacial score (nSPS) is 12.2. The summed E-state index contributed by atoms with van der Waals surface area (Å²) < 4.78 is 5.92. The van der Waals surface area contributed by atoms with E-state index in [-0.39, 0.29) is 11.2 Å². The van der Waals surface area contributed by atoms with E-state index in [1.165, 1.54) is 16.4 Å². The van der Waals surface area contributed by atoms with E-state index >= 15 is 0 Å². The largest absolute Gasteiger partial charge is 0.538 e. The summed E-state index contributed by atoms with van der Waals surface area (Å²) in [6, 6.07) is 5.85. The molecule has 6 nitrogen and oxygen atoms in total. The molecule has 1 N–H and O–H groups in total. The fraction of sp³-hybridized carbons (Fsp3) is 0.400. The van der Waals surface area contributed by atoms with Crippen molar-refractivity contribution in [2.75, 3.05) is 5.32 Å². The fourth-order valence-electron chi connectivity index (χ4n) is 2.06. The van der Waals surface area contributed by atoms with Gasteiger partial charge in [-0.25, -0.2) is 0 Å². The van der Waals surface area contributed by atoms with Gasteiger partial charge in [0, 0.05) is 5.69 Å². The molecule has 2 aromatic rings. The van der Waals surface area contributed by atoms with Gasteiger partial charge in [0.1, 0.15) is 0 Å². The molecule has 1 amide bonds. The van der Waals surface area contributed by atoms with Gasteiger partial charge in [0.05, 0.1) is 10.5 Å². The quantitative estimate of drug-likeness (QED) is 0.669. The van der Waals surface area contributed by atoms with Crippen molar-refractivity contribution in [2.45, 2.75) is 37.5 Å². The number of carbonyl (C=O) groups excluding carboxylic acids is 1. The van der Waals surface area contributed by atoms with Crippen molar-refractivity contribution in [3.63, 3.8) is 0 Å². The van der Waals surface area contributed by atoms with Crippen LogP contribution in [0.1, 0.15) is 24.5 Å². The van der Waals surface area contributed by atoms with Gasteiger partial charge in [0.15, 0.2) is 13.0 Å². The molecule has 22 heavy (non-hydrogen) atoms. The minimum Gasteiger partial charge on any atom is -0.538 e. The highest BCUT2D eigenvalue weighted by atomic mass is 32.2. The Kier molecular flexibility index (Phi) is 5.07. The lowest BCUT2D eigenvalue weighted by Gasteiger charge is -2.14. The first-order chi connectivity index (χ1) is 10.4. The van der Waals surface area contributed by atoms with Crippen LogP contribution in [0, 0.1) is 13.8 Å². The molecule has 1 unspecified atom stereocenters. The lowest BCUT2D eigenvalue weighted by Crippen LogP contribution is -2.34. The van der Waals surface area contributed by atoms with Gasteiger partial charge in [-0.1, -0.05) is 29.3 Å². The lowest BCUT2D eigenvalue weighted by atomic mass is 10.1. The Bertz CT molecular complexity index is 665. The molecule has 1 atom stereocenters. The standard InChI is InChI=1S/C15H19N3O3S/c1-5-12(22-14-15(20)21-17-18(14)4)13(19)16-11-7-6-9(2)8-10(11)3/h6-8,12H,5H2,1-4H3,(H-,16,17,19,20). The molecule has 0 bridgehead atoms. The summed E-state index contributed by atoms with van der Waals surface area (Å²) in [6.07, 6.45) is 0.589. The number of rotatable bonds is 5. The van der Waals surface area contributed by atoms with Crippen molar-refractivity contribution in [2.24, 2.45) is 7.05 Å². The molecule has 1 aromatic heterocycles. The van der Waals surface area contributed by atoms with Crippen LogP contribution < -0.4 is 15.1 Å². The highest BCUT2D eigenvalue weighted by Gasteiger charge is 2.25. The monoisotopic (exact) mass is 321 g/mol. The molecule has 1 heterocycles. The van der Waals surface area contributed by atoms with Crippen molar-refractivity contribution in [1.82, 2.24) is 5.27 Å². The van der Waals surface area contributed by atoms with Crippen molar-refractivity contribution < 1.29 is 19.1 Å². The predicted molar refractivity (Wildman–Crippen MR) is 81.6 cm³/mol. The second-order valence-corrected chi connectivity index (χ2v) is 6.30.